The zero-order chi connectivity index (χ0) is 23.1. The number of anilines is 1. The lowest BCUT2D eigenvalue weighted by molar-refractivity contribution is -0.119. The summed E-state index contributed by atoms with van der Waals surface area (Å²) in [6.45, 7) is 3.92. The van der Waals surface area contributed by atoms with Crippen molar-refractivity contribution in [3.05, 3.63) is 94.5 Å². The summed E-state index contributed by atoms with van der Waals surface area (Å²) in [5.41, 5.74) is 3.39. The van der Waals surface area contributed by atoms with Crippen molar-refractivity contribution in [3.8, 4) is 0 Å². The van der Waals surface area contributed by atoms with Crippen molar-refractivity contribution in [3.63, 3.8) is 0 Å². The second kappa shape index (κ2) is 10.7. The Morgan fingerprint density at radius 3 is 2.41 bits per heavy atom. The third kappa shape index (κ3) is 5.90. The van der Waals surface area contributed by atoms with Crippen molar-refractivity contribution >= 4 is 33.2 Å². The fraction of sp³-hybridized carbons (Fsp3) is 0.240. The molecule has 168 valence electrons. The summed E-state index contributed by atoms with van der Waals surface area (Å²) < 4.78 is 27.9. The van der Waals surface area contributed by atoms with E-state index in [1.54, 1.807) is 43.3 Å². The minimum absolute atomic E-state index is 0.117. The van der Waals surface area contributed by atoms with E-state index in [2.05, 4.69) is 17.4 Å². The molecule has 1 N–H and O–H groups in total. The van der Waals surface area contributed by atoms with Gasteiger partial charge in [-0.2, -0.15) is 0 Å². The molecular formula is C25H27ClN2O3S. The number of benzene rings is 3. The number of halogens is 1. The SMILES string of the molecule is Cc1cccc(CCCNC(=O)CN(c2cccc(Cl)c2C)S(=O)(=O)c2ccccc2)c1. The average molecular weight is 471 g/mol. The van der Waals surface area contributed by atoms with Crippen molar-refractivity contribution in [1.82, 2.24) is 5.32 Å². The molecule has 32 heavy (non-hydrogen) atoms. The Bertz CT molecular complexity index is 1180. The summed E-state index contributed by atoms with van der Waals surface area (Å²) in [4.78, 5) is 12.8. The van der Waals surface area contributed by atoms with Gasteiger partial charge < -0.3 is 5.32 Å². The summed E-state index contributed by atoms with van der Waals surface area (Å²) in [5.74, 6) is -0.367. The number of amides is 1. The van der Waals surface area contributed by atoms with Crippen LogP contribution in [0.2, 0.25) is 5.02 Å². The molecule has 0 aliphatic carbocycles. The molecule has 3 rings (SSSR count). The zero-order valence-corrected chi connectivity index (χ0v) is 19.8. The number of hydrogen-bond acceptors (Lipinski definition) is 3. The highest BCUT2D eigenvalue weighted by molar-refractivity contribution is 7.92. The van der Waals surface area contributed by atoms with Crippen LogP contribution >= 0.6 is 11.6 Å². The quantitative estimate of drug-likeness (QED) is 0.452. The fourth-order valence-electron chi connectivity index (χ4n) is 3.46. The Kier molecular flexibility index (Phi) is 7.94. The lowest BCUT2D eigenvalue weighted by atomic mass is 10.1. The molecule has 5 nitrogen and oxygen atoms in total. The van der Waals surface area contributed by atoms with Crippen LogP contribution in [0, 0.1) is 13.8 Å². The first-order chi connectivity index (χ1) is 15.3. The molecule has 0 bridgehead atoms. The summed E-state index contributed by atoms with van der Waals surface area (Å²) in [6, 6.07) is 21.4. The molecule has 3 aromatic rings. The summed E-state index contributed by atoms with van der Waals surface area (Å²) in [6.07, 6.45) is 1.60. The Morgan fingerprint density at radius 2 is 1.69 bits per heavy atom. The van der Waals surface area contributed by atoms with Crippen LogP contribution in [0.5, 0.6) is 0 Å². The molecule has 0 radical (unpaired) electrons. The smallest absolute Gasteiger partial charge is 0.264 e. The Labute approximate surface area is 195 Å². The summed E-state index contributed by atoms with van der Waals surface area (Å²) >= 11 is 6.24. The van der Waals surface area contributed by atoms with Gasteiger partial charge in [0, 0.05) is 11.6 Å². The van der Waals surface area contributed by atoms with E-state index in [0.717, 1.165) is 17.1 Å². The van der Waals surface area contributed by atoms with Gasteiger partial charge in [0.05, 0.1) is 10.6 Å². The Balaban J connectivity index is 1.74. The topological polar surface area (TPSA) is 66.5 Å². The van der Waals surface area contributed by atoms with E-state index in [1.165, 1.54) is 23.3 Å². The van der Waals surface area contributed by atoms with Gasteiger partial charge in [-0.3, -0.25) is 9.10 Å². The normalized spacial score (nSPS) is 11.2. The third-order valence-corrected chi connectivity index (χ3v) is 7.36. The maximum Gasteiger partial charge on any atom is 0.264 e. The number of nitrogens with zero attached hydrogens (tertiary/aromatic N) is 1. The molecule has 0 heterocycles. The van der Waals surface area contributed by atoms with E-state index in [0.29, 0.717) is 22.8 Å². The van der Waals surface area contributed by atoms with Crippen LogP contribution in [0.1, 0.15) is 23.1 Å². The van der Waals surface area contributed by atoms with Crippen molar-refractivity contribution in [2.24, 2.45) is 0 Å². The first kappa shape index (κ1) is 23.8. The van der Waals surface area contributed by atoms with Gasteiger partial charge in [-0.25, -0.2) is 8.42 Å². The van der Waals surface area contributed by atoms with Crippen LogP contribution in [0.4, 0.5) is 5.69 Å². The molecule has 0 fully saturated rings. The highest BCUT2D eigenvalue weighted by Gasteiger charge is 2.28. The highest BCUT2D eigenvalue weighted by atomic mass is 35.5. The Hall–Kier alpha value is -2.83. The van der Waals surface area contributed by atoms with Gasteiger partial charge in [-0.05, 0) is 62.1 Å². The van der Waals surface area contributed by atoms with Crippen molar-refractivity contribution < 1.29 is 13.2 Å². The second-order valence-electron chi connectivity index (χ2n) is 7.65. The lowest BCUT2D eigenvalue weighted by Crippen LogP contribution is -2.41. The Morgan fingerprint density at radius 1 is 0.969 bits per heavy atom. The molecule has 0 aromatic heterocycles. The minimum atomic E-state index is -3.95. The molecule has 0 unspecified atom stereocenters. The molecule has 1 amide bonds. The number of aryl methyl sites for hydroxylation is 2. The zero-order valence-electron chi connectivity index (χ0n) is 18.2. The average Bonchev–Trinajstić information content (AvgIpc) is 2.78. The van der Waals surface area contributed by atoms with Gasteiger partial charge in [0.15, 0.2) is 0 Å². The molecule has 0 aliphatic rings. The maximum atomic E-state index is 13.4. The number of sulfonamides is 1. The van der Waals surface area contributed by atoms with E-state index < -0.39 is 10.0 Å². The van der Waals surface area contributed by atoms with Crippen LogP contribution in [0.25, 0.3) is 0 Å². The van der Waals surface area contributed by atoms with E-state index in [-0.39, 0.29) is 17.3 Å². The van der Waals surface area contributed by atoms with Crippen LogP contribution in [0.3, 0.4) is 0 Å². The number of hydrogen-bond donors (Lipinski definition) is 1. The maximum absolute atomic E-state index is 13.4. The van der Waals surface area contributed by atoms with Crippen LogP contribution in [-0.4, -0.2) is 27.4 Å². The highest BCUT2D eigenvalue weighted by Crippen LogP contribution is 2.30. The molecule has 0 saturated carbocycles. The molecular weight excluding hydrogens is 444 g/mol. The lowest BCUT2D eigenvalue weighted by Gasteiger charge is -2.26. The van der Waals surface area contributed by atoms with E-state index in [9.17, 15) is 13.2 Å². The number of carbonyl (C=O) groups excluding carboxylic acids is 1. The van der Waals surface area contributed by atoms with Gasteiger partial charge >= 0.3 is 0 Å². The largest absolute Gasteiger partial charge is 0.355 e. The molecule has 0 spiro atoms. The van der Waals surface area contributed by atoms with Crippen LogP contribution in [0.15, 0.2) is 77.7 Å². The first-order valence-corrected chi connectivity index (χ1v) is 12.3. The van der Waals surface area contributed by atoms with Gasteiger partial charge in [-0.1, -0.05) is 65.7 Å². The monoisotopic (exact) mass is 470 g/mol. The van der Waals surface area contributed by atoms with Crippen molar-refractivity contribution in [1.29, 1.82) is 0 Å². The van der Waals surface area contributed by atoms with Crippen LogP contribution in [-0.2, 0) is 21.2 Å². The first-order valence-electron chi connectivity index (χ1n) is 10.4. The number of nitrogens with one attached hydrogen (secondary N) is 1. The van der Waals surface area contributed by atoms with Gasteiger partial charge in [-0.15, -0.1) is 0 Å². The number of carbonyl (C=O) groups is 1. The van der Waals surface area contributed by atoms with E-state index >= 15 is 0 Å². The second-order valence-corrected chi connectivity index (χ2v) is 9.92. The molecule has 7 heteroatoms. The van der Waals surface area contributed by atoms with Gasteiger partial charge in [0.1, 0.15) is 6.54 Å². The predicted octanol–water partition coefficient (Wildman–Crippen LogP) is 4.90. The van der Waals surface area contributed by atoms with Gasteiger partial charge in [0.25, 0.3) is 10.0 Å². The molecule has 0 atom stereocenters. The van der Waals surface area contributed by atoms with E-state index in [4.69, 9.17) is 11.6 Å². The fourth-order valence-corrected chi connectivity index (χ4v) is 5.13. The minimum Gasteiger partial charge on any atom is -0.355 e. The van der Waals surface area contributed by atoms with Gasteiger partial charge in [0.2, 0.25) is 5.91 Å². The summed E-state index contributed by atoms with van der Waals surface area (Å²) in [7, 11) is -3.95. The predicted molar refractivity (Wildman–Crippen MR) is 130 cm³/mol. The molecule has 3 aromatic carbocycles. The van der Waals surface area contributed by atoms with Crippen LogP contribution < -0.4 is 9.62 Å². The molecule has 0 aliphatic heterocycles. The van der Waals surface area contributed by atoms with Crippen molar-refractivity contribution in [2.45, 2.75) is 31.6 Å². The van der Waals surface area contributed by atoms with Crippen molar-refractivity contribution in [2.75, 3.05) is 17.4 Å². The van der Waals surface area contributed by atoms with E-state index in [1.807, 2.05) is 19.1 Å². The number of rotatable bonds is 9. The standard InChI is InChI=1S/C25H27ClN2O3S/c1-19-9-6-10-21(17-19)11-8-16-27-25(29)18-28(24-15-7-14-23(26)20(24)2)32(30,31)22-12-4-3-5-13-22/h3-7,9-10,12-15,17H,8,11,16,18H2,1-2H3,(H,27,29). The summed E-state index contributed by atoms with van der Waals surface area (Å²) in [5, 5.41) is 3.29. The molecule has 0 saturated heterocycles. The third-order valence-electron chi connectivity index (χ3n) is 5.17.